The van der Waals surface area contributed by atoms with E-state index in [9.17, 15) is 4.39 Å². The van der Waals surface area contributed by atoms with Crippen LogP contribution in [0.4, 0.5) is 4.39 Å². The van der Waals surface area contributed by atoms with Crippen molar-refractivity contribution in [2.75, 3.05) is 6.26 Å². The Kier molecular flexibility index (Phi) is 3.95. The van der Waals surface area contributed by atoms with Gasteiger partial charge in [0.2, 0.25) is 0 Å². The van der Waals surface area contributed by atoms with E-state index in [-0.39, 0.29) is 11.2 Å². The number of benzene rings is 1. The van der Waals surface area contributed by atoms with Crippen molar-refractivity contribution < 1.29 is 4.39 Å². The minimum Gasteiger partial charge on any atom is -0.322 e. The van der Waals surface area contributed by atoms with Crippen LogP contribution in [-0.4, -0.2) is 21.1 Å². The van der Waals surface area contributed by atoms with Gasteiger partial charge in [0.25, 0.3) is 0 Å². The molecule has 1 aromatic carbocycles. The summed E-state index contributed by atoms with van der Waals surface area (Å²) in [7, 11) is 0. The van der Waals surface area contributed by atoms with Crippen molar-refractivity contribution in [2.45, 2.75) is 42.9 Å². The fourth-order valence-electron chi connectivity index (χ4n) is 3.19. The normalized spacial score (nSPS) is 24.4. The second-order valence-corrected chi connectivity index (χ2v) is 7.09. The van der Waals surface area contributed by atoms with Crippen LogP contribution in [0.25, 0.3) is 11.0 Å². The number of rotatable bonds is 3. The smallest absolute Gasteiger partial charge is 0.128 e. The number of imidazole rings is 1. The minimum atomic E-state index is -0.217. The van der Waals surface area contributed by atoms with E-state index in [0.29, 0.717) is 11.3 Å². The van der Waals surface area contributed by atoms with Crippen molar-refractivity contribution in [1.29, 1.82) is 0 Å². The van der Waals surface area contributed by atoms with Crippen LogP contribution in [0.2, 0.25) is 0 Å². The molecule has 0 bridgehead atoms. The monoisotopic (exact) mass is 312 g/mol. The number of thioether (sulfide) groups is 1. The highest BCUT2D eigenvalue weighted by Crippen LogP contribution is 2.41. The third-order valence-corrected chi connectivity index (χ3v) is 5.44. The number of hydrogen-bond acceptors (Lipinski definition) is 2. The van der Waals surface area contributed by atoms with E-state index < -0.39 is 0 Å². The molecule has 3 atom stereocenters. The lowest BCUT2D eigenvalue weighted by atomic mass is 10.2. The van der Waals surface area contributed by atoms with Crippen LogP contribution in [0.3, 0.4) is 0 Å². The van der Waals surface area contributed by atoms with Crippen LogP contribution in [0.1, 0.15) is 43.4 Å². The number of hydrogen-bond donors (Lipinski definition) is 0. The Bertz CT molecular complexity index is 626. The van der Waals surface area contributed by atoms with Crippen LogP contribution < -0.4 is 0 Å². The van der Waals surface area contributed by atoms with Gasteiger partial charge in [-0.05, 0) is 44.2 Å². The maximum absolute atomic E-state index is 13.6. The molecular formula is C15H18ClFN2S. The van der Waals surface area contributed by atoms with E-state index in [1.165, 1.54) is 18.9 Å². The number of nitrogens with zero attached hydrogens (tertiary/aromatic N) is 2. The van der Waals surface area contributed by atoms with Crippen LogP contribution in [0, 0.1) is 5.82 Å². The van der Waals surface area contributed by atoms with Gasteiger partial charge in [-0.3, -0.25) is 0 Å². The first-order valence-electron chi connectivity index (χ1n) is 6.96. The fraction of sp³-hybridized carbons (Fsp3) is 0.533. The van der Waals surface area contributed by atoms with E-state index in [1.807, 2.05) is 18.7 Å². The highest BCUT2D eigenvalue weighted by molar-refractivity contribution is 7.99. The molecule has 1 aromatic heterocycles. The number of fused-ring (bicyclic) bond motifs is 1. The molecule has 2 nitrogen and oxygen atoms in total. The van der Waals surface area contributed by atoms with Crippen molar-refractivity contribution in [1.82, 2.24) is 9.55 Å². The maximum atomic E-state index is 13.6. The molecule has 2 aromatic rings. The second kappa shape index (κ2) is 5.57. The third kappa shape index (κ3) is 2.33. The highest BCUT2D eigenvalue weighted by Gasteiger charge is 2.31. The molecule has 0 amide bonds. The molecule has 0 saturated heterocycles. The first-order valence-corrected chi connectivity index (χ1v) is 8.68. The van der Waals surface area contributed by atoms with E-state index in [1.54, 1.807) is 12.1 Å². The molecule has 1 aliphatic rings. The molecule has 1 saturated carbocycles. The van der Waals surface area contributed by atoms with Gasteiger partial charge in [0.15, 0.2) is 0 Å². The summed E-state index contributed by atoms with van der Waals surface area (Å²) in [5, 5.41) is 0.387. The van der Waals surface area contributed by atoms with Gasteiger partial charge in [-0.15, -0.1) is 11.6 Å². The lowest BCUT2D eigenvalue weighted by molar-refractivity contribution is 0.519. The summed E-state index contributed by atoms with van der Waals surface area (Å²) in [5.74, 6) is 0.643. The predicted molar refractivity (Wildman–Crippen MR) is 84.2 cm³/mol. The molecule has 5 heteroatoms. The van der Waals surface area contributed by atoms with Gasteiger partial charge in [0, 0.05) is 11.3 Å². The van der Waals surface area contributed by atoms with Gasteiger partial charge in [-0.1, -0.05) is 6.42 Å². The zero-order valence-corrected chi connectivity index (χ0v) is 13.2. The van der Waals surface area contributed by atoms with Gasteiger partial charge in [-0.2, -0.15) is 11.8 Å². The van der Waals surface area contributed by atoms with Crippen molar-refractivity contribution in [3.63, 3.8) is 0 Å². The Morgan fingerprint density at radius 2 is 2.25 bits per heavy atom. The molecule has 3 unspecified atom stereocenters. The van der Waals surface area contributed by atoms with Gasteiger partial charge < -0.3 is 4.57 Å². The molecule has 1 aliphatic carbocycles. The third-order valence-electron chi connectivity index (χ3n) is 4.09. The minimum absolute atomic E-state index is 0.173. The molecular weight excluding hydrogens is 295 g/mol. The molecule has 0 N–H and O–H groups in total. The van der Waals surface area contributed by atoms with Crippen LogP contribution >= 0.6 is 23.4 Å². The highest BCUT2D eigenvalue weighted by atomic mass is 35.5. The lowest BCUT2D eigenvalue weighted by Crippen LogP contribution is -2.18. The number of halogens is 2. The fourth-order valence-corrected chi connectivity index (χ4v) is 4.32. The van der Waals surface area contributed by atoms with Crippen molar-refractivity contribution in [3.8, 4) is 0 Å². The summed E-state index contributed by atoms with van der Waals surface area (Å²) in [6.45, 7) is 1.93. The summed E-state index contributed by atoms with van der Waals surface area (Å²) in [6.07, 6.45) is 5.68. The zero-order chi connectivity index (χ0) is 14.3. The Morgan fingerprint density at radius 1 is 1.45 bits per heavy atom. The first kappa shape index (κ1) is 14.2. The molecule has 1 heterocycles. The molecule has 0 aliphatic heterocycles. The maximum Gasteiger partial charge on any atom is 0.128 e. The van der Waals surface area contributed by atoms with E-state index >= 15 is 0 Å². The molecule has 0 radical (unpaired) electrons. The summed E-state index contributed by atoms with van der Waals surface area (Å²) in [5.41, 5.74) is 1.71. The summed E-state index contributed by atoms with van der Waals surface area (Å²) in [4.78, 5) is 4.62. The first-order chi connectivity index (χ1) is 9.61. The van der Waals surface area contributed by atoms with Crippen molar-refractivity contribution in [3.05, 3.63) is 29.8 Å². The van der Waals surface area contributed by atoms with E-state index in [2.05, 4.69) is 15.8 Å². The summed E-state index contributed by atoms with van der Waals surface area (Å²) in [6, 6.07) is 5.16. The summed E-state index contributed by atoms with van der Waals surface area (Å²) >= 11 is 8.19. The van der Waals surface area contributed by atoms with Crippen LogP contribution in [-0.2, 0) is 0 Å². The molecule has 20 heavy (non-hydrogen) atoms. The quantitative estimate of drug-likeness (QED) is 0.748. The van der Waals surface area contributed by atoms with E-state index in [0.717, 1.165) is 23.3 Å². The summed E-state index contributed by atoms with van der Waals surface area (Å²) < 4.78 is 15.8. The Labute approximate surface area is 127 Å². The van der Waals surface area contributed by atoms with Crippen LogP contribution in [0.15, 0.2) is 18.2 Å². The zero-order valence-electron chi connectivity index (χ0n) is 11.6. The molecule has 3 rings (SSSR count). The van der Waals surface area contributed by atoms with Gasteiger partial charge in [0.1, 0.15) is 11.6 Å². The molecule has 0 spiro atoms. The lowest BCUT2D eigenvalue weighted by Gasteiger charge is -2.23. The average Bonchev–Trinajstić information content (AvgIpc) is 3.00. The second-order valence-electron chi connectivity index (χ2n) is 5.36. The van der Waals surface area contributed by atoms with Crippen LogP contribution in [0.5, 0.6) is 0 Å². The van der Waals surface area contributed by atoms with E-state index in [4.69, 9.17) is 11.6 Å². The van der Waals surface area contributed by atoms with Crippen molar-refractivity contribution >= 4 is 34.4 Å². The predicted octanol–water partition coefficient (Wildman–Crippen LogP) is 4.93. The Morgan fingerprint density at radius 3 is 2.95 bits per heavy atom. The Balaban J connectivity index is 2.20. The largest absolute Gasteiger partial charge is 0.322 e. The van der Waals surface area contributed by atoms with Gasteiger partial charge >= 0.3 is 0 Å². The van der Waals surface area contributed by atoms with Gasteiger partial charge in [-0.25, -0.2) is 9.37 Å². The van der Waals surface area contributed by atoms with Gasteiger partial charge in [0.05, 0.1) is 16.4 Å². The molecule has 108 valence electrons. The average molecular weight is 313 g/mol. The Hall–Kier alpha value is -0.740. The standard InChI is InChI=1S/C15H18ClFN2S/c1-9(16)15-18-11-7-6-10(17)8-13(11)19(15)12-4-3-5-14(12)20-2/h6-9,12,14H,3-5H2,1-2H3. The SMILES string of the molecule is CSC1CCCC1n1c(C(C)Cl)nc2ccc(F)cc21. The number of aromatic nitrogens is 2. The topological polar surface area (TPSA) is 17.8 Å². The molecule has 1 fully saturated rings. The van der Waals surface area contributed by atoms with Crippen molar-refractivity contribution in [2.24, 2.45) is 0 Å². The number of alkyl halides is 1.